The van der Waals surface area contributed by atoms with Crippen molar-refractivity contribution in [1.29, 1.82) is 0 Å². The maximum Gasteiger partial charge on any atom is 0.297 e. The van der Waals surface area contributed by atoms with E-state index in [0.29, 0.717) is 18.1 Å². The predicted octanol–water partition coefficient (Wildman–Crippen LogP) is 2.75. The number of fused-ring (bicyclic) bond motifs is 1. The number of hydrogen-bond acceptors (Lipinski definition) is 5. The maximum absolute atomic E-state index is 11.1. The Hall–Kier alpha value is -2.24. The number of aromatic nitrogens is 1. The molecular formula is C17H24N4O2. The number of benzene rings is 1. The fourth-order valence-corrected chi connectivity index (χ4v) is 3.10. The summed E-state index contributed by atoms with van der Waals surface area (Å²) in [5, 5.41) is 6.58. The van der Waals surface area contributed by atoms with Crippen LogP contribution in [0.2, 0.25) is 0 Å². The van der Waals surface area contributed by atoms with Crippen LogP contribution in [0.4, 0.5) is 11.7 Å². The Bertz CT molecular complexity index is 687. The van der Waals surface area contributed by atoms with Gasteiger partial charge in [-0.1, -0.05) is 0 Å². The third-order valence-electron chi connectivity index (χ3n) is 4.27. The van der Waals surface area contributed by atoms with Crippen molar-refractivity contribution < 1.29 is 9.21 Å². The van der Waals surface area contributed by atoms with Gasteiger partial charge in [0.1, 0.15) is 5.52 Å². The van der Waals surface area contributed by atoms with Crippen LogP contribution in [-0.4, -0.2) is 37.1 Å². The highest BCUT2D eigenvalue weighted by Crippen LogP contribution is 2.26. The van der Waals surface area contributed by atoms with Gasteiger partial charge in [0.25, 0.3) is 6.01 Å². The molecule has 3 rings (SSSR count). The monoisotopic (exact) mass is 316 g/mol. The van der Waals surface area contributed by atoms with Crippen molar-refractivity contribution in [3.63, 3.8) is 0 Å². The lowest BCUT2D eigenvalue weighted by Crippen LogP contribution is -2.39. The second kappa shape index (κ2) is 6.48. The summed E-state index contributed by atoms with van der Waals surface area (Å²) < 4.78 is 5.75. The third-order valence-corrected chi connectivity index (χ3v) is 4.27. The molecule has 0 bridgehead atoms. The van der Waals surface area contributed by atoms with Gasteiger partial charge in [-0.25, -0.2) is 0 Å². The zero-order valence-electron chi connectivity index (χ0n) is 13.9. The van der Waals surface area contributed by atoms with Crippen LogP contribution in [0, 0.1) is 0 Å². The lowest BCUT2D eigenvalue weighted by molar-refractivity contribution is -0.119. The Balaban J connectivity index is 1.62. The van der Waals surface area contributed by atoms with Crippen molar-refractivity contribution in [2.75, 3.05) is 24.3 Å². The summed E-state index contributed by atoms with van der Waals surface area (Å²) in [5.41, 5.74) is 2.72. The minimum Gasteiger partial charge on any atom is -0.423 e. The van der Waals surface area contributed by atoms with Gasteiger partial charge in [-0.05, 0) is 37.8 Å². The first kappa shape index (κ1) is 15.6. The van der Waals surface area contributed by atoms with Crippen molar-refractivity contribution in [1.82, 2.24) is 10.3 Å². The van der Waals surface area contributed by atoms with Crippen molar-refractivity contribution in [3.8, 4) is 0 Å². The molecular weight excluding hydrogens is 292 g/mol. The van der Waals surface area contributed by atoms with E-state index in [2.05, 4.69) is 15.6 Å². The molecule has 1 aliphatic rings. The Labute approximate surface area is 136 Å². The first-order chi connectivity index (χ1) is 11.0. The van der Waals surface area contributed by atoms with Gasteiger partial charge in [0.05, 0.1) is 0 Å². The highest BCUT2D eigenvalue weighted by Gasteiger charge is 2.21. The molecule has 124 valence electrons. The lowest BCUT2D eigenvalue weighted by atomic mass is 9.91. The van der Waals surface area contributed by atoms with E-state index in [9.17, 15) is 4.79 Å². The molecule has 0 saturated heterocycles. The van der Waals surface area contributed by atoms with Crippen LogP contribution in [-0.2, 0) is 4.79 Å². The molecule has 1 amide bonds. The van der Waals surface area contributed by atoms with E-state index in [1.807, 2.05) is 37.2 Å². The second-order valence-electron chi connectivity index (χ2n) is 6.47. The molecule has 0 unspecified atom stereocenters. The average Bonchev–Trinajstić information content (AvgIpc) is 2.92. The predicted molar refractivity (Wildman–Crippen MR) is 91.8 cm³/mol. The maximum atomic E-state index is 11.1. The van der Waals surface area contributed by atoms with Crippen LogP contribution in [0.15, 0.2) is 22.6 Å². The summed E-state index contributed by atoms with van der Waals surface area (Å²) in [6.45, 7) is 1.58. The molecule has 1 heterocycles. The Morgan fingerprint density at radius 2 is 1.91 bits per heavy atom. The molecule has 0 radical (unpaired) electrons. The van der Waals surface area contributed by atoms with Crippen LogP contribution in [0.5, 0.6) is 0 Å². The molecule has 1 fully saturated rings. The van der Waals surface area contributed by atoms with Gasteiger partial charge < -0.3 is 20.0 Å². The summed E-state index contributed by atoms with van der Waals surface area (Å²) >= 11 is 0. The van der Waals surface area contributed by atoms with Crippen LogP contribution in [0.1, 0.15) is 32.6 Å². The van der Waals surface area contributed by atoms with Gasteiger partial charge in [-0.2, -0.15) is 4.98 Å². The molecule has 1 aromatic heterocycles. The average molecular weight is 316 g/mol. The minimum atomic E-state index is 0.0638. The van der Waals surface area contributed by atoms with E-state index >= 15 is 0 Å². The van der Waals surface area contributed by atoms with Crippen LogP contribution < -0.4 is 15.5 Å². The molecule has 23 heavy (non-hydrogen) atoms. The quantitative estimate of drug-likeness (QED) is 0.907. The van der Waals surface area contributed by atoms with Crippen molar-refractivity contribution in [3.05, 3.63) is 18.2 Å². The number of carbonyl (C=O) groups excluding carboxylic acids is 1. The number of nitrogens with one attached hydrogen (secondary N) is 2. The van der Waals surface area contributed by atoms with Crippen molar-refractivity contribution in [2.24, 2.45) is 0 Å². The fourth-order valence-electron chi connectivity index (χ4n) is 3.10. The molecule has 2 N–H and O–H groups in total. The number of rotatable bonds is 4. The second-order valence-corrected chi connectivity index (χ2v) is 6.47. The highest BCUT2D eigenvalue weighted by molar-refractivity contribution is 5.78. The zero-order valence-corrected chi connectivity index (χ0v) is 13.9. The largest absolute Gasteiger partial charge is 0.423 e. The zero-order chi connectivity index (χ0) is 16.4. The van der Waals surface area contributed by atoms with Gasteiger partial charge in [0.2, 0.25) is 5.91 Å². The molecule has 0 aliphatic heterocycles. The summed E-state index contributed by atoms with van der Waals surface area (Å²) in [4.78, 5) is 17.4. The topological polar surface area (TPSA) is 70.4 Å². The summed E-state index contributed by atoms with van der Waals surface area (Å²) in [6, 6.07) is 7.42. The first-order valence-electron chi connectivity index (χ1n) is 8.13. The summed E-state index contributed by atoms with van der Waals surface area (Å²) in [7, 11) is 3.83. The lowest BCUT2D eigenvalue weighted by Gasteiger charge is -2.30. The Morgan fingerprint density at radius 1 is 1.22 bits per heavy atom. The van der Waals surface area contributed by atoms with Crippen molar-refractivity contribution in [2.45, 2.75) is 44.7 Å². The van der Waals surface area contributed by atoms with Crippen LogP contribution in [0.3, 0.4) is 0 Å². The van der Waals surface area contributed by atoms with Gasteiger partial charge in [-0.3, -0.25) is 4.79 Å². The van der Waals surface area contributed by atoms with E-state index < -0.39 is 0 Å². The van der Waals surface area contributed by atoms with Gasteiger partial charge >= 0.3 is 0 Å². The van der Waals surface area contributed by atoms with E-state index in [4.69, 9.17) is 4.42 Å². The molecule has 2 aromatic rings. The minimum absolute atomic E-state index is 0.0638. The number of carbonyl (C=O) groups is 1. The Kier molecular flexibility index (Phi) is 4.41. The van der Waals surface area contributed by atoms with Gasteiger partial charge in [0, 0.05) is 44.9 Å². The SMILES string of the molecule is CC(=O)NC1CCC(Nc2ccc3nc(N(C)C)oc3c2)CC1. The molecule has 1 saturated carbocycles. The molecule has 1 aliphatic carbocycles. The van der Waals surface area contributed by atoms with Crippen molar-refractivity contribution >= 4 is 28.7 Å². The summed E-state index contributed by atoms with van der Waals surface area (Å²) in [6.07, 6.45) is 4.16. The molecule has 0 spiro atoms. The van der Waals surface area contributed by atoms with E-state index in [-0.39, 0.29) is 5.91 Å². The molecule has 6 nitrogen and oxygen atoms in total. The smallest absolute Gasteiger partial charge is 0.297 e. The van der Waals surface area contributed by atoms with Crippen LogP contribution >= 0.6 is 0 Å². The number of anilines is 2. The van der Waals surface area contributed by atoms with E-state index in [1.165, 1.54) is 0 Å². The Morgan fingerprint density at radius 3 is 2.57 bits per heavy atom. The van der Waals surface area contributed by atoms with Crippen LogP contribution in [0.25, 0.3) is 11.1 Å². The standard InChI is InChI=1S/C17H24N4O2/c1-11(22)18-12-4-6-13(7-5-12)19-14-8-9-15-16(10-14)23-17(20-15)21(2)3/h8-10,12-13,19H,4-7H2,1-3H3,(H,18,22). The fraction of sp³-hybridized carbons (Fsp3) is 0.529. The van der Waals surface area contributed by atoms with Gasteiger partial charge in [-0.15, -0.1) is 0 Å². The third kappa shape index (κ3) is 3.75. The van der Waals surface area contributed by atoms with E-state index in [0.717, 1.165) is 42.5 Å². The number of hydrogen-bond donors (Lipinski definition) is 2. The summed E-state index contributed by atoms with van der Waals surface area (Å²) in [5.74, 6) is 0.0638. The molecule has 0 atom stereocenters. The normalized spacial score (nSPS) is 21.2. The number of nitrogens with zero attached hydrogens (tertiary/aromatic N) is 2. The highest BCUT2D eigenvalue weighted by atomic mass is 16.4. The molecule has 1 aromatic carbocycles. The van der Waals surface area contributed by atoms with Gasteiger partial charge in [0.15, 0.2) is 5.58 Å². The number of amides is 1. The first-order valence-corrected chi connectivity index (χ1v) is 8.13. The number of oxazole rings is 1. The van der Waals surface area contributed by atoms with E-state index in [1.54, 1.807) is 6.92 Å². The molecule has 6 heteroatoms.